The fourth-order valence-electron chi connectivity index (χ4n) is 1.04. The molecular weight excluding hydrogens is 185 g/mol. The van der Waals surface area contributed by atoms with Crippen LogP contribution < -0.4 is 5.73 Å². The molecule has 1 atom stereocenters. The van der Waals surface area contributed by atoms with Gasteiger partial charge in [-0.25, -0.2) is 0 Å². The Kier molecular flexibility index (Phi) is 5.27. The predicted octanol–water partition coefficient (Wildman–Crippen LogP) is 0.190. The summed E-state index contributed by atoms with van der Waals surface area (Å²) in [5.41, 5.74) is 5.13. The van der Waals surface area contributed by atoms with E-state index >= 15 is 0 Å². The molecule has 0 aliphatic rings. The van der Waals surface area contributed by atoms with Crippen molar-refractivity contribution in [2.45, 2.75) is 19.2 Å². The monoisotopic (exact) mass is 200 g/mol. The maximum Gasteiger partial charge on any atom is 0.401 e. The van der Waals surface area contributed by atoms with Gasteiger partial charge in [0.15, 0.2) is 0 Å². The number of nitrogens with zero attached hydrogens (tertiary/aromatic N) is 1. The van der Waals surface area contributed by atoms with Crippen LogP contribution in [-0.4, -0.2) is 48.5 Å². The van der Waals surface area contributed by atoms with Gasteiger partial charge in [0.2, 0.25) is 0 Å². The van der Waals surface area contributed by atoms with E-state index in [2.05, 4.69) is 0 Å². The van der Waals surface area contributed by atoms with Crippen LogP contribution in [-0.2, 0) is 0 Å². The summed E-state index contributed by atoms with van der Waals surface area (Å²) in [7, 11) is 0. The molecule has 3 N–H and O–H groups in total. The molecule has 0 amide bonds. The van der Waals surface area contributed by atoms with Crippen LogP contribution in [0.4, 0.5) is 13.2 Å². The molecule has 0 saturated heterocycles. The third-order valence-electron chi connectivity index (χ3n) is 1.37. The van der Waals surface area contributed by atoms with Crippen molar-refractivity contribution < 1.29 is 18.3 Å². The zero-order valence-corrected chi connectivity index (χ0v) is 7.51. The highest BCUT2D eigenvalue weighted by Crippen LogP contribution is 2.16. The van der Waals surface area contributed by atoms with Crippen molar-refractivity contribution in [1.82, 2.24) is 4.90 Å². The second-order valence-electron chi connectivity index (χ2n) is 2.99. The van der Waals surface area contributed by atoms with Gasteiger partial charge < -0.3 is 10.8 Å². The Morgan fingerprint density at radius 3 is 2.31 bits per heavy atom. The number of hydrogen-bond acceptors (Lipinski definition) is 3. The summed E-state index contributed by atoms with van der Waals surface area (Å²) in [6.07, 6.45) is -5.00. The van der Waals surface area contributed by atoms with E-state index in [1.165, 1.54) is 6.92 Å². The average Bonchev–Trinajstić information content (AvgIpc) is 1.81. The molecule has 13 heavy (non-hydrogen) atoms. The third-order valence-corrected chi connectivity index (χ3v) is 1.37. The molecule has 0 heterocycles. The standard InChI is InChI=1S/C7H15F3N2O/c1-6(13)4-12(3-2-11)5-7(8,9)10/h6,13H,2-5,11H2,1H3. The topological polar surface area (TPSA) is 49.5 Å². The Balaban J connectivity index is 3.94. The van der Waals surface area contributed by atoms with Gasteiger partial charge >= 0.3 is 6.18 Å². The molecule has 0 bridgehead atoms. The number of rotatable bonds is 5. The van der Waals surface area contributed by atoms with Crippen molar-refractivity contribution in [3.63, 3.8) is 0 Å². The van der Waals surface area contributed by atoms with Gasteiger partial charge in [0, 0.05) is 19.6 Å². The first-order valence-electron chi connectivity index (χ1n) is 4.02. The Hall–Kier alpha value is -0.330. The van der Waals surface area contributed by atoms with Crippen molar-refractivity contribution >= 4 is 0 Å². The van der Waals surface area contributed by atoms with Crippen molar-refractivity contribution in [1.29, 1.82) is 0 Å². The van der Waals surface area contributed by atoms with Crippen LogP contribution in [0.25, 0.3) is 0 Å². The molecule has 1 unspecified atom stereocenters. The molecule has 0 aromatic carbocycles. The molecule has 0 radical (unpaired) electrons. The van der Waals surface area contributed by atoms with Gasteiger partial charge in [-0.2, -0.15) is 13.2 Å². The smallest absolute Gasteiger partial charge is 0.392 e. The lowest BCUT2D eigenvalue weighted by Gasteiger charge is -2.23. The molecule has 3 nitrogen and oxygen atoms in total. The van der Waals surface area contributed by atoms with Crippen LogP contribution in [0.3, 0.4) is 0 Å². The van der Waals surface area contributed by atoms with E-state index in [0.717, 1.165) is 4.90 Å². The van der Waals surface area contributed by atoms with Gasteiger partial charge in [-0.05, 0) is 6.92 Å². The number of nitrogens with two attached hydrogens (primary N) is 1. The second-order valence-corrected chi connectivity index (χ2v) is 2.99. The SMILES string of the molecule is CC(O)CN(CCN)CC(F)(F)F. The maximum atomic E-state index is 11.9. The predicted molar refractivity (Wildman–Crippen MR) is 43.2 cm³/mol. The Morgan fingerprint density at radius 1 is 1.46 bits per heavy atom. The van der Waals surface area contributed by atoms with Crippen molar-refractivity contribution in [2.75, 3.05) is 26.2 Å². The molecule has 0 aliphatic carbocycles. The molecule has 0 aliphatic heterocycles. The summed E-state index contributed by atoms with van der Waals surface area (Å²) in [5.74, 6) is 0. The molecule has 80 valence electrons. The quantitative estimate of drug-likeness (QED) is 0.666. The first kappa shape index (κ1) is 12.7. The number of aliphatic hydroxyl groups is 1. The molecule has 0 aromatic rings. The highest BCUT2D eigenvalue weighted by molar-refractivity contribution is 4.66. The van der Waals surface area contributed by atoms with Crippen LogP contribution in [0.2, 0.25) is 0 Å². The average molecular weight is 200 g/mol. The lowest BCUT2D eigenvalue weighted by Crippen LogP contribution is -2.41. The van der Waals surface area contributed by atoms with Gasteiger partial charge in [-0.15, -0.1) is 0 Å². The normalized spacial score (nSPS) is 15.0. The molecule has 0 fully saturated rings. The lowest BCUT2D eigenvalue weighted by atomic mass is 10.3. The molecule has 6 heteroatoms. The van der Waals surface area contributed by atoms with Gasteiger partial charge in [0.1, 0.15) is 0 Å². The van der Waals surface area contributed by atoms with E-state index in [1.54, 1.807) is 0 Å². The number of hydrogen-bond donors (Lipinski definition) is 2. The van der Waals surface area contributed by atoms with Crippen molar-refractivity contribution in [3.8, 4) is 0 Å². The molecule has 0 aromatic heterocycles. The van der Waals surface area contributed by atoms with Gasteiger partial charge in [0.05, 0.1) is 12.6 Å². The second kappa shape index (κ2) is 5.41. The summed E-state index contributed by atoms with van der Waals surface area (Å²) in [5, 5.41) is 8.90. The highest BCUT2D eigenvalue weighted by atomic mass is 19.4. The summed E-state index contributed by atoms with van der Waals surface area (Å²) in [6, 6.07) is 0. The Labute approximate surface area is 75.3 Å². The van der Waals surface area contributed by atoms with Crippen LogP contribution in [0.1, 0.15) is 6.92 Å². The maximum absolute atomic E-state index is 11.9. The molecule has 0 saturated carbocycles. The summed E-state index contributed by atoms with van der Waals surface area (Å²) in [4.78, 5) is 1.09. The van der Waals surface area contributed by atoms with Gasteiger partial charge in [-0.3, -0.25) is 4.90 Å². The molecule has 0 spiro atoms. The van der Waals surface area contributed by atoms with E-state index in [9.17, 15) is 13.2 Å². The van der Waals surface area contributed by atoms with E-state index in [0.29, 0.717) is 0 Å². The van der Waals surface area contributed by atoms with E-state index in [-0.39, 0.29) is 19.6 Å². The largest absolute Gasteiger partial charge is 0.401 e. The van der Waals surface area contributed by atoms with Gasteiger partial charge in [0.25, 0.3) is 0 Å². The minimum absolute atomic E-state index is 0.00326. The molecule has 0 rings (SSSR count). The summed E-state index contributed by atoms with van der Waals surface area (Å²) >= 11 is 0. The van der Waals surface area contributed by atoms with Gasteiger partial charge in [-0.1, -0.05) is 0 Å². The Morgan fingerprint density at radius 2 is 2.00 bits per heavy atom. The molecular formula is C7H15F3N2O. The number of alkyl halides is 3. The van der Waals surface area contributed by atoms with Crippen LogP contribution in [0.5, 0.6) is 0 Å². The zero-order valence-electron chi connectivity index (χ0n) is 7.51. The Bertz CT molecular complexity index is 138. The fraction of sp³-hybridized carbons (Fsp3) is 1.00. The fourth-order valence-corrected chi connectivity index (χ4v) is 1.04. The van der Waals surface area contributed by atoms with Crippen LogP contribution in [0, 0.1) is 0 Å². The zero-order chi connectivity index (χ0) is 10.5. The van der Waals surface area contributed by atoms with Crippen LogP contribution in [0.15, 0.2) is 0 Å². The van der Waals surface area contributed by atoms with Crippen molar-refractivity contribution in [2.24, 2.45) is 5.73 Å². The van der Waals surface area contributed by atoms with Crippen LogP contribution >= 0.6 is 0 Å². The first-order chi connectivity index (χ1) is 5.85. The minimum atomic E-state index is -4.23. The number of aliphatic hydroxyl groups excluding tert-OH is 1. The summed E-state index contributed by atoms with van der Waals surface area (Å²) in [6.45, 7) is 0.721. The highest BCUT2D eigenvalue weighted by Gasteiger charge is 2.30. The van der Waals surface area contributed by atoms with E-state index in [4.69, 9.17) is 10.8 Å². The first-order valence-corrected chi connectivity index (χ1v) is 4.02. The van der Waals surface area contributed by atoms with E-state index in [1.807, 2.05) is 0 Å². The van der Waals surface area contributed by atoms with E-state index < -0.39 is 18.8 Å². The third kappa shape index (κ3) is 8.01. The van der Waals surface area contributed by atoms with Crippen molar-refractivity contribution in [3.05, 3.63) is 0 Å². The minimum Gasteiger partial charge on any atom is -0.392 e. The lowest BCUT2D eigenvalue weighted by molar-refractivity contribution is -0.147. The summed E-state index contributed by atoms with van der Waals surface area (Å²) < 4.78 is 35.7. The number of halogens is 3.